The average molecular weight is 293 g/mol. The number of hydrogen-bond acceptors (Lipinski definition) is 1. The topological polar surface area (TPSA) is 41.1 Å². The molecule has 2 fully saturated rings. The number of hydrogen-bond donors (Lipinski definition) is 2. The molecule has 2 N–H and O–H groups in total. The summed E-state index contributed by atoms with van der Waals surface area (Å²) in [6.45, 7) is 0.662. The van der Waals surface area contributed by atoms with Crippen LogP contribution in [0.25, 0.3) is 0 Å². The molecule has 0 unspecified atom stereocenters. The van der Waals surface area contributed by atoms with Crippen molar-refractivity contribution in [3.05, 3.63) is 34.9 Å². The highest BCUT2D eigenvalue weighted by molar-refractivity contribution is 6.30. The van der Waals surface area contributed by atoms with Crippen molar-refractivity contribution < 1.29 is 4.79 Å². The second-order valence-corrected chi connectivity index (χ2v) is 6.41. The first kappa shape index (κ1) is 13.7. The summed E-state index contributed by atoms with van der Waals surface area (Å²) in [4.78, 5) is 11.9. The molecule has 0 aliphatic heterocycles. The first-order valence-corrected chi connectivity index (χ1v) is 7.89. The van der Waals surface area contributed by atoms with E-state index in [1.165, 1.54) is 31.2 Å². The van der Waals surface area contributed by atoms with E-state index < -0.39 is 0 Å². The van der Waals surface area contributed by atoms with E-state index in [4.69, 9.17) is 11.6 Å². The molecule has 2 amide bonds. The highest BCUT2D eigenvalue weighted by Crippen LogP contribution is 2.44. The summed E-state index contributed by atoms with van der Waals surface area (Å²) in [7, 11) is 0. The van der Waals surface area contributed by atoms with Crippen LogP contribution < -0.4 is 10.6 Å². The van der Waals surface area contributed by atoms with Gasteiger partial charge in [0.05, 0.1) is 0 Å². The minimum absolute atomic E-state index is 0.0113. The molecular formula is C16H21ClN2O. The van der Waals surface area contributed by atoms with Crippen molar-refractivity contribution >= 4 is 17.6 Å². The van der Waals surface area contributed by atoms with Gasteiger partial charge in [0.2, 0.25) is 0 Å². The van der Waals surface area contributed by atoms with Crippen LogP contribution in [0.1, 0.15) is 31.2 Å². The van der Waals surface area contributed by atoms with Crippen molar-refractivity contribution in [1.82, 2.24) is 10.6 Å². The highest BCUT2D eigenvalue weighted by atomic mass is 35.5. The zero-order valence-electron chi connectivity index (χ0n) is 11.6. The summed E-state index contributed by atoms with van der Waals surface area (Å²) in [6.07, 6.45) is 5.97. The Morgan fingerprint density at radius 2 is 1.75 bits per heavy atom. The van der Waals surface area contributed by atoms with Crippen LogP contribution >= 0.6 is 11.6 Å². The van der Waals surface area contributed by atoms with Crippen LogP contribution in [0.4, 0.5) is 4.79 Å². The van der Waals surface area contributed by atoms with Gasteiger partial charge >= 0.3 is 6.03 Å². The molecule has 0 heterocycles. The second kappa shape index (κ2) is 6.04. The van der Waals surface area contributed by atoms with Gasteiger partial charge in [0, 0.05) is 17.6 Å². The number of rotatable bonds is 6. The van der Waals surface area contributed by atoms with Gasteiger partial charge in [-0.15, -0.1) is 0 Å². The van der Waals surface area contributed by atoms with E-state index >= 15 is 0 Å². The maximum atomic E-state index is 11.9. The minimum Gasteiger partial charge on any atom is -0.338 e. The number of amides is 2. The third-order valence-corrected chi connectivity index (χ3v) is 4.42. The molecule has 0 radical (unpaired) electrons. The van der Waals surface area contributed by atoms with E-state index in [0.29, 0.717) is 12.6 Å². The first-order valence-electron chi connectivity index (χ1n) is 7.51. The monoisotopic (exact) mass is 292 g/mol. The van der Waals surface area contributed by atoms with Crippen LogP contribution in [0.15, 0.2) is 24.3 Å². The number of urea groups is 1. The summed E-state index contributed by atoms with van der Waals surface area (Å²) in [5.74, 6) is 1.48. The van der Waals surface area contributed by atoms with Crippen molar-refractivity contribution in [1.29, 1.82) is 0 Å². The quantitative estimate of drug-likeness (QED) is 0.829. The number of benzene rings is 1. The Hall–Kier alpha value is -1.22. The van der Waals surface area contributed by atoms with Crippen molar-refractivity contribution in [3.63, 3.8) is 0 Å². The van der Waals surface area contributed by atoms with E-state index in [0.717, 1.165) is 23.3 Å². The molecule has 4 heteroatoms. The van der Waals surface area contributed by atoms with Gasteiger partial charge in [0.1, 0.15) is 0 Å². The van der Waals surface area contributed by atoms with Gasteiger partial charge in [-0.05, 0) is 61.6 Å². The smallest absolute Gasteiger partial charge is 0.315 e. The molecule has 3 nitrogen and oxygen atoms in total. The normalized spacial score (nSPS) is 18.1. The Balaban J connectivity index is 1.39. The van der Waals surface area contributed by atoms with E-state index in [9.17, 15) is 4.79 Å². The van der Waals surface area contributed by atoms with Gasteiger partial charge in [-0.3, -0.25) is 0 Å². The molecule has 0 aromatic heterocycles. The van der Waals surface area contributed by atoms with Crippen LogP contribution in [0.3, 0.4) is 0 Å². The lowest BCUT2D eigenvalue weighted by Gasteiger charge is -2.18. The second-order valence-electron chi connectivity index (χ2n) is 5.98. The lowest BCUT2D eigenvalue weighted by Crippen LogP contribution is -2.44. The van der Waals surface area contributed by atoms with Crippen molar-refractivity contribution in [3.8, 4) is 0 Å². The number of carbonyl (C=O) groups is 1. The first-order chi connectivity index (χ1) is 9.72. The van der Waals surface area contributed by atoms with Gasteiger partial charge in [0.25, 0.3) is 0 Å². The van der Waals surface area contributed by atoms with E-state index in [-0.39, 0.29) is 6.03 Å². The Bertz CT molecular complexity index is 454. The van der Waals surface area contributed by atoms with Crippen LogP contribution in [-0.4, -0.2) is 18.6 Å². The summed E-state index contributed by atoms with van der Waals surface area (Å²) in [5.41, 5.74) is 1.19. The fourth-order valence-corrected chi connectivity index (χ4v) is 2.83. The Morgan fingerprint density at radius 1 is 1.15 bits per heavy atom. The predicted octanol–water partition coefficient (Wildman–Crippen LogP) is 3.37. The molecular weight excluding hydrogens is 272 g/mol. The largest absolute Gasteiger partial charge is 0.338 e. The van der Waals surface area contributed by atoms with Gasteiger partial charge in [0.15, 0.2) is 0 Å². The maximum absolute atomic E-state index is 11.9. The molecule has 0 saturated heterocycles. The molecule has 2 aliphatic carbocycles. The summed E-state index contributed by atoms with van der Waals surface area (Å²) < 4.78 is 0. The fraction of sp³-hybridized carbons (Fsp3) is 0.562. The van der Waals surface area contributed by atoms with Gasteiger partial charge in [-0.2, -0.15) is 0 Å². The third-order valence-electron chi connectivity index (χ3n) is 4.17. The minimum atomic E-state index is -0.0113. The molecule has 3 rings (SSSR count). The third kappa shape index (κ3) is 3.89. The van der Waals surface area contributed by atoms with Crippen molar-refractivity contribution in [2.45, 2.75) is 38.1 Å². The standard InChI is InChI=1S/C16H21ClN2O/c17-14-7-1-11(2-8-14)9-10-18-16(20)19-15(12-3-4-12)13-5-6-13/h1-2,7-8,12-13,15H,3-6,9-10H2,(H2,18,19,20). The fourth-order valence-electron chi connectivity index (χ4n) is 2.71. The molecule has 1 aromatic rings. The lowest BCUT2D eigenvalue weighted by molar-refractivity contribution is 0.233. The van der Waals surface area contributed by atoms with Crippen LogP contribution in [0, 0.1) is 11.8 Å². The Kier molecular flexibility index (Phi) is 4.16. The van der Waals surface area contributed by atoms with Crippen molar-refractivity contribution in [2.75, 3.05) is 6.54 Å². The summed E-state index contributed by atoms with van der Waals surface area (Å²) in [6, 6.07) is 8.17. The van der Waals surface area contributed by atoms with Crippen LogP contribution in [0.5, 0.6) is 0 Å². The maximum Gasteiger partial charge on any atom is 0.315 e. The van der Waals surface area contributed by atoms with Gasteiger partial charge in [-0.1, -0.05) is 23.7 Å². The molecule has 20 heavy (non-hydrogen) atoms. The van der Waals surface area contributed by atoms with Crippen LogP contribution in [0.2, 0.25) is 5.02 Å². The van der Waals surface area contributed by atoms with Gasteiger partial charge in [-0.25, -0.2) is 4.79 Å². The van der Waals surface area contributed by atoms with Crippen molar-refractivity contribution in [2.24, 2.45) is 11.8 Å². The highest BCUT2D eigenvalue weighted by Gasteiger charge is 2.42. The lowest BCUT2D eigenvalue weighted by atomic mass is 10.1. The Labute approximate surface area is 125 Å². The molecule has 0 bridgehead atoms. The Morgan fingerprint density at radius 3 is 2.30 bits per heavy atom. The predicted molar refractivity (Wildman–Crippen MR) is 80.9 cm³/mol. The summed E-state index contributed by atoms with van der Waals surface area (Å²) >= 11 is 5.84. The number of halogens is 1. The van der Waals surface area contributed by atoms with Gasteiger partial charge < -0.3 is 10.6 Å². The zero-order chi connectivity index (χ0) is 13.9. The summed E-state index contributed by atoms with van der Waals surface area (Å²) in [5, 5.41) is 6.87. The molecule has 0 atom stereocenters. The molecule has 1 aromatic carbocycles. The molecule has 2 saturated carbocycles. The SMILES string of the molecule is O=C(NCCc1ccc(Cl)cc1)NC(C1CC1)C1CC1. The molecule has 2 aliphatic rings. The van der Waals surface area contributed by atoms with E-state index in [1.807, 2.05) is 24.3 Å². The van der Waals surface area contributed by atoms with E-state index in [1.54, 1.807) is 0 Å². The number of carbonyl (C=O) groups excluding carboxylic acids is 1. The molecule has 0 spiro atoms. The van der Waals surface area contributed by atoms with Crippen LogP contribution in [-0.2, 0) is 6.42 Å². The van der Waals surface area contributed by atoms with E-state index in [2.05, 4.69) is 10.6 Å². The number of nitrogens with one attached hydrogen (secondary N) is 2. The zero-order valence-corrected chi connectivity index (χ0v) is 12.3. The average Bonchev–Trinajstić information content (AvgIpc) is 3.30. The molecule has 108 valence electrons.